The molecule has 2 aliphatic rings. The molecule has 1 aromatic heterocycles. The summed E-state index contributed by atoms with van der Waals surface area (Å²) in [5.41, 5.74) is 0.364. The molecular weight excluding hydrogens is 294 g/mol. The topological polar surface area (TPSA) is 80.1 Å². The number of hydrogen-bond acceptors (Lipinski definition) is 4. The van der Waals surface area contributed by atoms with E-state index in [0.717, 1.165) is 32.2 Å². The minimum absolute atomic E-state index is 0.143. The number of hydrogen-bond donors (Lipinski definition) is 1. The summed E-state index contributed by atoms with van der Waals surface area (Å²) in [5, 5.41) is 11.1. The minimum atomic E-state index is -0.143. The van der Waals surface area contributed by atoms with Gasteiger partial charge in [0, 0.05) is 19.0 Å². The van der Waals surface area contributed by atoms with Gasteiger partial charge in [-0.05, 0) is 25.7 Å². The van der Waals surface area contributed by atoms with Gasteiger partial charge in [-0.1, -0.05) is 25.0 Å². The molecule has 1 saturated carbocycles. The summed E-state index contributed by atoms with van der Waals surface area (Å²) in [6.07, 6.45) is 8.70. The lowest BCUT2D eigenvalue weighted by molar-refractivity contribution is -0.131. The Morgan fingerprint density at radius 3 is 2.78 bits per heavy atom. The molecular formula is C16H25N5O2. The fourth-order valence-electron chi connectivity index (χ4n) is 3.59. The van der Waals surface area contributed by atoms with Crippen molar-refractivity contribution in [2.75, 3.05) is 6.54 Å². The number of likely N-dealkylation sites (tertiary alicyclic amines) is 1. The summed E-state index contributed by atoms with van der Waals surface area (Å²) < 4.78 is 1.69. The molecule has 126 valence electrons. The third kappa shape index (κ3) is 3.71. The Balaban J connectivity index is 1.58. The van der Waals surface area contributed by atoms with Crippen LogP contribution in [0.2, 0.25) is 0 Å². The maximum atomic E-state index is 12.2. The molecule has 0 spiro atoms. The second kappa shape index (κ2) is 7.10. The second-order valence-corrected chi connectivity index (χ2v) is 6.52. The van der Waals surface area contributed by atoms with Crippen LogP contribution in [0.4, 0.5) is 0 Å². The average Bonchev–Trinajstić information content (AvgIpc) is 3.28. The molecule has 0 bridgehead atoms. The SMILES string of the molecule is CCC(=O)N1CCC[C@H]1Cn1cc(C(=O)NC2CCCC2)nn1. The van der Waals surface area contributed by atoms with Crippen molar-refractivity contribution in [3.8, 4) is 0 Å². The van der Waals surface area contributed by atoms with Crippen molar-refractivity contribution < 1.29 is 9.59 Å². The van der Waals surface area contributed by atoms with E-state index < -0.39 is 0 Å². The molecule has 1 atom stereocenters. The highest BCUT2D eigenvalue weighted by Gasteiger charge is 2.28. The molecule has 23 heavy (non-hydrogen) atoms. The first-order valence-corrected chi connectivity index (χ1v) is 8.68. The van der Waals surface area contributed by atoms with Gasteiger partial charge in [-0.3, -0.25) is 9.59 Å². The smallest absolute Gasteiger partial charge is 0.273 e. The average molecular weight is 319 g/mol. The summed E-state index contributed by atoms with van der Waals surface area (Å²) in [4.78, 5) is 26.0. The van der Waals surface area contributed by atoms with Crippen molar-refractivity contribution in [1.29, 1.82) is 0 Å². The highest BCUT2D eigenvalue weighted by atomic mass is 16.2. The van der Waals surface area contributed by atoms with E-state index in [4.69, 9.17) is 0 Å². The normalized spacial score (nSPS) is 21.8. The summed E-state index contributed by atoms with van der Waals surface area (Å²) in [7, 11) is 0. The minimum Gasteiger partial charge on any atom is -0.348 e. The molecule has 1 aliphatic heterocycles. The van der Waals surface area contributed by atoms with E-state index in [1.54, 1.807) is 10.9 Å². The molecule has 3 rings (SSSR count). The van der Waals surface area contributed by atoms with E-state index in [9.17, 15) is 9.59 Å². The van der Waals surface area contributed by atoms with Crippen LogP contribution < -0.4 is 5.32 Å². The van der Waals surface area contributed by atoms with Crippen LogP contribution in [0, 0.1) is 0 Å². The van der Waals surface area contributed by atoms with Crippen LogP contribution in [-0.4, -0.2) is 50.3 Å². The predicted molar refractivity (Wildman–Crippen MR) is 84.8 cm³/mol. The number of nitrogens with one attached hydrogen (secondary N) is 1. The van der Waals surface area contributed by atoms with Crippen molar-refractivity contribution in [3.63, 3.8) is 0 Å². The van der Waals surface area contributed by atoms with Crippen molar-refractivity contribution >= 4 is 11.8 Å². The van der Waals surface area contributed by atoms with Gasteiger partial charge in [-0.2, -0.15) is 0 Å². The Labute approximate surface area is 136 Å². The summed E-state index contributed by atoms with van der Waals surface area (Å²) in [6.45, 7) is 3.31. The third-order valence-corrected chi connectivity index (χ3v) is 4.86. The lowest BCUT2D eigenvalue weighted by Gasteiger charge is -2.23. The molecule has 2 heterocycles. The third-order valence-electron chi connectivity index (χ3n) is 4.86. The number of aromatic nitrogens is 3. The van der Waals surface area contributed by atoms with Crippen molar-refractivity contribution in [1.82, 2.24) is 25.2 Å². The van der Waals surface area contributed by atoms with E-state index in [1.165, 1.54) is 12.8 Å². The van der Waals surface area contributed by atoms with Crippen molar-refractivity contribution in [2.45, 2.75) is 70.5 Å². The summed E-state index contributed by atoms with van der Waals surface area (Å²) >= 11 is 0. The van der Waals surface area contributed by atoms with E-state index >= 15 is 0 Å². The molecule has 1 N–H and O–H groups in total. The Kier molecular flexibility index (Phi) is 4.93. The van der Waals surface area contributed by atoms with E-state index in [0.29, 0.717) is 18.7 Å². The largest absolute Gasteiger partial charge is 0.348 e. The van der Waals surface area contributed by atoms with Crippen LogP contribution in [0.15, 0.2) is 6.20 Å². The molecule has 0 aromatic carbocycles. The zero-order chi connectivity index (χ0) is 16.2. The maximum Gasteiger partial charge on any atom is 0.273 e. The predicted octanol–water partition coefficient (Wildman–Crippen LogP) is 1.35. The lowest BCUT2D eigenvalue weighted by atomic mass is 10.2. The highest BCUT2D eigenvalue weighted by molar-refractivity contribution is 5.92. The first-order valence-electron chi connectivity index (χ1n) is 8.68. The number of amides is 2. The van der Waals surface area contributed by atoms with Crippen molar-refractivity contribution in [2.24, 2.45) is 0 Å². The first kappa shape index (κ1) is 16.0. The first-order chi connectivity index (χ1) is 11.2. The van der Waals surface area contributed by atoms with Crippen LogP contribution in [0.5, 0.6) is 0 Å². The highest BCUT2D eigenvalue weighted by Crippen LogP contribution is 2.20. The summed E-state index contributed by atoms with van der Waals surface area (Å²) in [5.74, 6) is 0.0443. The quantitative estimate of drug-likeness (QED) is 0.888. The van der Waals surface area contributed by atoms with Crippen LogP contribution in [0.3, 0.4) is 0 Å². The number of carbonyl (C=O) groups is 2. The van der Waals surface area contributed by atoms with Crippen LogP contribution >= 0.6 is 0 Å². The zero-order valence-electron chi connectivity index (χ0n) is 13.7. The van der Waals surface area contributed by atoms with Gasteiger partial charge >= 0.3 is 0 Å². The number of nitrogens with zero attached hydrogens (tertiary/aromatic N) is 4. The Bertz CT molecular complexity index is 565. The van der Waals surface area contributed by atoms with Crippen LogP contribution in [0.1, 0.15) is 62.4 Å². The van der Waals surface area contributed by atoms with Gasteiger partial charge in [0.25, 0.3) is 5.91 Å². The maximum absolute atomic E-state index is 12.2. The van der Waals surface area contributed by atoms with E-state index in [1.807, 2.05) is 11.8 Å². The monoisotopic (exact) mass is 319 g/mol. The molecule has 7 nitrogen and oxygen atoms in total. The Morgan fingerprint density at radius 2 is 2.04 bits per heavy atom. The Hall–Kier alpha value is -1.92. The van der Waals surface area contributed by atoms with Crippen LogP contribution in [-0.2, 0) is 11.3 Å². The lowest BCUT2D eigenvalue weighted by Crippen LogP contribution is -2.37. The summed E-state index contributed by atoms with van der Waals surface area (Å²) in [6, 6.07) is 0.440. The van der Waals surface area contributed by atoms with Gasteiger partial charge in [0.1, 0.15) is 0 Å². The molecule has 1 aromatic rings. The Morgan fingerprint density at radius 1 is 1.26 bits per heavy atom. The molecule has 0 radical (unpaired) electrons. The van der Waals surface area contributed by atoms with Gasteiger partial charge in [0.2, 0.25) is 5.91 Å². The van der Waals surface area contributed by atoms with Gasteiger partial charge < -0.3 is 10.2 Å². The second-order valence-electron chi connectivity index (χ2n) is 6.52. The number of rotatable bonds is 5. The van der Waals surface area contributed by atoms with E-state index in [2.05, 4.69) is 15.6 Å². The van der Waals surface area contributed by atoms with Gasteiger partial charge in [0.15, 0.2) is 5.69 Å². The standard InChI is InChI=1S/C16H25N5O2/c1-2-15(22)21-9-5-8-13(21)10-20-11-14(18-19-20)16(23)17-12-6-3-4-7-12/h11-13H,2-10H2,1H3,(H,17,23)/t13-/m0/s1. The molecule has 1 saturated heterocycles. The van der Waals surface area contributed by atoms with Crippen LogP contribution in [0.25, 0.3) is 0 Å². The fraction of sp³-hybridized carbons (Fsp3) is 0.750. The molecule has 7 heteroatoms. The van der Waals surface area contributed by atoms with Gasteiger partial charge in [0.05, 0.1) is 18.8 Å². The molecule has 2 fully saturated rings. The van der Waals surface area contributed by atoms with Gasteiger partial charge in [-0.25, -0.2) is 4.68 Å². The van der Waals surface area contributed by atoms with E-state index in [-0.39, 0.29) is 23.9 Å². The van der Waals surface area contributed by atoms with Gasteiger partial charge in [-0.15, -0.1) is 5.10 Å². The molecule has 1 aliphatic carbocycles. The zero-order valence-corrected chi connectivity index (χ0v) is 13.7. The molecule has 0 unspecified atom stereocenters. The van der Waals surface area contributed by atoms with Crippen molar-refractivity contribution in [3.05, 3.63) is 11.9 Å². The molecule has 2 amide bonds. The fourth-order valence-corrected chi connectivity index (χ4v) is 3.59. The number of carbonyl (C=O) groups excluding carboxylic acids is 2.